The first-order valence-electron chi connectivity index (χ1n) is 5.22. The molecule has 84 valence electrons. The zero-order valence-electron chi connectivity index (χ0n) is 9.31. The number of anilines is 1. The number of nitrogen functional groups attached to an aromatic ring is 1. The fraction of sp³-hybridized carbons (Fsp3) is 0.545. The first-order valence-corrected chi connectivity index (χ1v) is 6.27. The van der Waals surface area contributed by atoms with E-state index in [-0.39, 0.29) is 6.04 Å². The molecule has 0 saturated carbocycles. The summed E-state index contributed by atoms with van der Waals surface area (Å²) in [6.45, 7) is 4.39. The van der Waals surface area contributed by atoms with Gasteiger partial charge < -0.3 is 11.5 Å². The summed E-state index contributed by atoms with van der Waals surface area (Å²) in [5.74, 6) is 1.44. The standard InChI is InChI=1S/C11H19N3S/c1-3-8(2)15-7-10(12)9-5-4-6-14-11(9)13/h4-6,8,10H,3,7,12H2,1-2H3,(H2,13,14). The first-order chi connectivity index (χ1) is 7.15. The lowest BCUT2D eigenvalue weighted by molar-refractivity contribution is 0.818. The summed E-state index contributed by atoms with van der Waals surface area (Å²) in [6.07, 6.45) is 2.85. The Morgan fingerprint density at radius 3 is 2.87 bits per heavy atom. The largest absolute Gasteiger partial charge is 0.383 e. The zero-order chi connectivity index (χ0) is 11.3. The van der Waals surface area contributed by atoms with E-state index in [1.807, 2.05) is 23.9 Å². The summed E-state index contributed by atoms with van der Waals surface area (Å²) in [6, 6.07) is 3.81. The molecule has 2 unspecified atom stereocenters. The quantitative estimate of drug-likeness (QED) is 0.806. The molecule has 0 amide bonds. The average Bonchev–Trinajstić information content (AvgIpc) is 2.26. The third kappa shape index (κ3) is 3.72. The maximum atomic E-state index is 6.06. The molecule has 3 nitrogen and oxygen atoms in total. The van der Waals surface area contributed by atoms with Crippen LogP contribution in [0.5, 0.6) is 0 Å². The molecule has 0 aliphatic carbocycles. The lowest BCUT2D eigenvalue weighted by Gasteiger charge is -2.15. The predicted molar refractivity (Wildman–Crippen MR) is 67.8 cm³/mol. The summed E-state index contributed by atoms with van der Waals surface area (Å²) in [5.41, 5.74) is 12.8. The molecule has 1 heterocycles. The van der Waals surface area contributed by atoms with E-state index >= 15 is 0 Å². The van der Waals surface area contributed by atoms with Gasteiger partial charge in [0.25, 0.3) is 0 Å². The van der Waals surface area contributed by atoms with E-state index in [0.29, 0.717) is 11.1 Å². The number of hydrogen-bond acceptors (Lipinski definition) is 4. The first kappa shape index (κ1) is 12.3. The smallest absolute Gasteiger partial charge is 0.128 e. The minimum Gasteiger partial charge on any atom is -0.383 e. The van der Waals surface area contributed by atoms with Crippen molar-refractivity contribution < 1.29 is 0 Å². The Labute approximate surface area is 95.6 Å². The maximum Gasteiger partial charge on any atom is 0.128 e. The highest BCUT2D eigenvalue weighted by atomic mass is 32.2. The van der Waals surface area contributed by atoms with Crippen LogP contribution in [0.2, 0.25) is 0 Å². The van der Waals surface area contributed by atoms with E-state index in [1.54, 1.807) is 6.20 Å². The SMILES string of the molecule is CCC(C)SCC(N)c1cccnc1N. The Hall–Kier alpha value is -0.740. The van der Waals surface area contributed by atoms with Gasteiger partial charge in [-0.3, -0.25) is 0 Å². The van der Waals surface area contributed by atoms with Crippen molar-refractivity contribution in [2.75, 3.05) is 11.5 Å². The summed E-state index contributed by atoms with van der Waals surface area (Å²) in [5, 5.41) is 0.647. The van der Waals surface area contributed by atoms with Crippen molar-refractivity contribution in [3.05, 3.63) is 23.9 Å². The zero-order valence-corrected chi connectivity index (χ0v) is 10.1. The fourth-order valence-electron chi connectivity index (χ4n) is 1.22. The minimum atomic E-state index is -0.0160. The highest BCUT2D eigenvalue weighted by Gasteiger charge is 2.11. The molecule has 0 saturated heterocycles. The van der Waals surface area contributed by atoms with Crippen LogP contribution in [-0.2, 0) is 0 Å². The van der Waals surface area contributed by atoms with Crippen molar-refractivity contribution in [3.8, 4) is 0 Å². The predicted octanol–water partition coefficient (Wildman–Crippen LogP) is 2.20. The molecular formula is C11H19N3S. The van der Waals surface area contributed by atoms with Crippen molar-refractivity contribution in [1.29, 1.82) is 0 Å². The van der Waals surface area contributed by atoms with Gasteiger partial charge in [-0.15, -0.1) is 0 Å². The van der Waals surface area contributed by atoms with E-state index in [9.17, 15) is 0 Å². The van der Waals surface area contributed by atoms with E-state index in [0.717, 1.165) is 11.3 Å². The van der Waals surface area contributed by atoms with Crippen molar-refractivity contribution in [2.45, 2.75) is 31.6 Å². The topological polar surface area (TPSA) is 64.9 Å². The number of thioether (sulfide) groups is 1. The third-order valence-electron chi connectivity index (χ3n) is 2.41. The van der Waals surface area contributed by atoms with Crippen LogP contribution in [0.1, 0.15) is 31.9 Å². The highest BCUT2D eigenvalue weighted by Crippen LogP contribution is 2.23. The van der Waals surface area contributed by atoms with Crippen LogP contribution in [0.15, 0.2) is 18.3 Å². The molecule has 2 atom stereocenters. The Balaban J connectivity index is 2.54. The highest BCUT2D eigenvalue weighted by molar-refractivity contribution is 7.99. The van der Waals surface area contributed by atoms with Crippen LogP contribution in [0.3, 0.4) is 0 Å². The van der Waals surface area contributed by atoms with Crippen LogP contribution in [0.4, 0.5) is 5.82 Å². The molecule has 0 aromatic carbocycles. The second kappa shape index (κ2) is 5.98. The fourth-order valence-corrected chi connectivity index (χ4v) is 2.17. The van der Waals surface area contributed by atoms with Gasteiger partial charge in [0.1, 0.15) is 5.82 Å². The van der Waals surface area contributed by atoms with Crippen molar-refractivity contribution >= 4 is 17.6 Å². The number of pyridine rings is 1. The number of aromatic nitrogens is 1. The monoisotopic (exact) mass is 225 g/mol. The molecule has 0 radical (unpaired) electrons. The summed E-state index contributed by atoms with van der Waals surface area (Å²) in [7, 11) is 0. The Morgan fingerprint density at radius 2 is 2.27 bits per heavy atom. The molecule has 0 bridgehead atoms. The Bertz CT molecular complexity index is 304. The normalized spacial score (nSPS) is 14.9. The van der Waals surface area contributed by atoms with E-state index in [2.05, 4.69) is 18.8 Å². The van der Waals surface area contributed by atoms with Gasteiger partial charge in [0.2, 0.25) is 0 Å². The molecule has 4 heteroatoms. The molecule has 1 aromatic rings. The molecule has 1 aromatic heterocycles. The lowest BCUT2D eigenvalue weighted by atomic mass is 10.1. The van der Waals surface area contributed by atoms with E-state index in [1.165, 1.54) is 6.42 Å². The van der Waals surface area contributed by atoms with Crippen LogP contribution < -0.4 is 11.5 Å². The molecule has 0 fully saturated rings. The van der Waals surface area contributed by atoms with Crippen LogP contribution in [0, 0.1) is 0 Å². The van der Waals surface area contributed by atoms with Gasteiger partial charge in [-0.2, -0.15) is 11.8 Å². The van der Waals surface area contributed by atoms with Crippen molar-refractivity contribution in [3.63, 3.8) is 0 Å². The van der Waals surface area contributed by atoms with Gasteiger partial charge in [-0.1, -0.05) is 19.9 Å². The van der Waals surface area contributed by atoms with Crippen LogP contribution in [0.25, 0.3) is 0 Å². The molecule has 4 N–H and O–H groups in total. The van der Waals surface area contributed by atoms with Crippen molar-refractivity contribution in [1.82, 2.24) is 4.98 Å². The second-order valence-corrected chi connectivity index (χ2v) is 5.11. The van der Waals surface area contributed by atoms with Crippen molar-refractivity contribution in [2.24, 2.45) is 5.73 Å². The number of hydrogen-bond donors (Lipinski definition) is 2. The third-order valence-corrected chi connectivity index (χ3v) is 3.86. The van der Waals surface area contributed by atoms with Gasteiger partial charge in [0.05, 0.1) is 0 Å². The van der Waals surface area contributed by atoms with E-state index < -0.39 is 0 Å². The minimum absolute atomic E-state index is 0.0160. The van der Waals surface area contributed by atoms with Crippen LogP contribution >= 0.6 is 11.8 Å². The Kier molecular flexibility index (Phi) is 4.91. The molecule has 0 aliphatic rings. The summed E-state index contributed by atoms with van der Waals surface area (Å²) in [4.78, 5) is 4.04. The average molecular weight is 225 g/mol. The lowest BCUT2D eigenvalue weighted by Crippen LogP contribution is -2.16. The van der Waals surface area contributed by atoms with Crippen LogP contribution in [-0.4, -0.2) is 16.0 Å². The number of nitrogens with zero attached hydrogens (tertiary/aromatic N) is 1. The van der Waals surface area contributed by atoms with Gasteiger partial charge in [-0.05, 0) is 12.5 Å². The molecular weight excluding hydrogens is 206 g/mol. The Morgan fingerprint density at radius 1 is 1.53 bits per heavy atom. The van der Waals surface area contributed by atoms with Gasteiger partial charge >= 0.3 is 0 Å². The summed E-state index contributed by atoms with van der Waals surface area (Å²) < 4.78 is 0. The maximum absolute atomic E-state index is 6.06. The number of rotatable bonds is 5. The van der Waals surface area contributed by atoms with E-state index in [4.69, 9.17) is 11.5 Å². The second-order valence-electron chi connectivity index (χ2n) is 3.64. The molecule has 0 aliphatic heterocycles. The molecule has 1 rings (SSSR count). The summed E-state index contributed by atoms with van der Waals surface area (Å²) >= 11 is 1.88. The number of nitrogens with two attached hydrogens (primary N) is 2. The molecule has 0 spiro atoms. The van der Waals surface area contributed by atoms with Gasteiger partial charge in [-0.25, -0.2) is 4.98 Å². The van der Waals surface area contributed by atoms with Gasteiger partial charge in [0, 0.05) is 28.8 Å². The molecule has 15 heavy (non-hydrogen) atoms. The van der Waals surface area contributed by atoms with Gasteiger partial charge in [0.15, 0.2) is 0 Å².